The molecule has 1 saturated carbocycles. The highest BCUT2D eigenvalue weighted by molar-refractivity contribution is 7.16. The largest absolute Gasteiger partial charge is 0.481 e. The van der Waals surface area contributed by atoms with E-state index in [0.29, 0.717) is 0 Å². The van der Waals surface area contributed by atoms with Gasteiger partial charge in [0.1, 0.15) is 5.41 Å². The summed E-state index contributed by atoms with van der Waals surface area (Å²) in [6.45, 7) is 1.89. The van der Waals surface area contributed by atoms with Crippen molar-refractivity contribution < 1.29 is 9.90 Å². The molecule has 0 unspecified atom stereocenters. The molecule has 1 aliphatic rings. The van der Waals surface area contributed by atoms with Gasteiger partial charge in [-0.25, -0.2) is 4.98 Å². The molecule has 1 aromatic heterocycles. The molecule has 1 aromatic rings. The number of carbonyl (C=O) groups is 1. The molecule has 0 spiro atoms. The van der Waals surface area contributed by atoms with Crippen LogP contribution >= 0.6 is 11.3 Å². The van der Waals surface area contributed by atoms with E-state index >= 15 is 0 Å². The normalized spacial score (nSPS) is 17.5. The minimum Gasteiger partial charge on any atom is -0.481 e. The van der Waals surface area contributed by atoms with Gasteiger partial charge < -0.3 is 10.0 Å². The van der Waals surface area contributed by atoms with Gasteiger partial charge in [0.15, 0.2) is 5.13 Å². The Morgan fingerprint density at radius 2 is 2.13 bits per heavy atom. The second-order valence-electron chi connectivity index (χ2n) is 4.19. The SMILES string of the molecule is Cc1nc(N(C)C)sc1C1(C(=O)O)CC1. The molecule has 0 bridgehead atoms. The van der Waals surface area contributed by atoms with E-state index in [1.165, 1.54) is 11.3 Å². The van der Waals surface area contributed by atoms with Crippen LogP contribution in [-0.2, 0) is 10.2 Å². The van der Waals surface area contributed by atoms with E-state index in [9.17, 15) is 9.90 Å². The Hall–Kier alpha value is -1.10. The molecule has 0 saturated heterocycles. The summed E-state index contributed by atoms with van der Waals surface area (Å²) in [6, 6.07) is 0. The van der Waals surface area contributed by atoms with Crippen LogP contribution in [0.2, 0.25) is 0 Å². The van der Waals surface area contributed by atoms with Crippen LogP contribution in [0.1, 0.15) is 23.4 Å². The lowest BCUT2D eigenvalue weighted by molar-refractivity contribution is -0.139. The number of hydrogen-bond acceptors (Lipinski definition) is 4. The number of carboxylic acid groups (broad SMARTS) is 1. The maximum atomic E-state index is 11.2. The summed E-state index contributed by atoms with van der Waals surface area (Å²) < 4.78 is 0. The number of nitrogens with zero attached hydrogens (tertiary/aromatic N) is 2. The van der Waals surface area contributed by atoms with E-state index in [1.54, 1.807) is 0 Å². The molecule has 82 valence electrons. The van der Waals surface area contributed by atoms with Crippen LogP contribution in [0.3, 0.4) is 0 Å². The summed E-state index contributed by atoms with van der Waals surface area (Å²) in [4.78, 5) is 18.4. The van der Waals surface area contributed by atoms with Crippen LogP contribution in [0.4, 0.5) is 5.13 Å². The molecule has 15 heavy (non-hydrogen) atoms. The van der Waals surface area contributed by atoms with Crippen LogP contribution in [-0.4, -0.2) is 30.2 Å². The van der Waals surface area contributed by atoms with Crippen molar-refractivity contribution in [1.29, 1.82) is 0 Å². The van der Waals surface area contributed by atoms with E-state index in [-0.39, 0.29) is 0 Å². The summed E-state index contributed by atoms with van der Waals surface area (Å²) >= 11 is 1.50. The smallest absolute Gasteiger partial charge is 0.315 e. The summed E-state index contributed by atoms with van der Waals surface area (Å²) in [5.41, 5.74) is 0.249. The third-order valence-corrected chi connectivity index (χ3v) is 4.29. The van der Waals surface area contributed by atoms with Crippen LogP contribution in [0, 0.1) is 6.92 Å². The first-order chi connectivity index (χ1) is 6.97. The fourth-order valence-corrected chi connectivity index (χ4v) is 2.91. The van der Waals surface area contributed by atoms with Crippen molar-refractivity contribution in [3.63, 3.8) is 0 Å². The summed E-state index contributed by atoms with van der Waals surface area (Å²) in [5, 5.41) is 10.1. The monoisotopic (exact) mass is 226 g/mol. The van der Waals surface area contributed by atoms with E-state index in [2.05, 4.69) is 4.98 Å². The predicted molar refractivity (Wildman–Crippen MR) is 59.7 cm³/mol. The first-order valence-corrected chi connectivity index (χ1v) is 5.67. The molecule has 1 heterocycles. The Bertz CT molecular complexity index is 408. The first kappa shape index (κ1) is 10.4. The maximum absolute atomic E-state index is 11.2. The number of aryl methyl sites for hydroxylation is 1. The van der Waals surface area contributed by atoms with E-state index in [0.717, 1.165) is 28.5 Å². The van der Waals surface area contributed by atoms with Gasteiger partial charge in [-0.15, -0.1) is 11.3 Å². The van der Waals surface area contributed by atoms with Crippen molar-refractivity contribution in [3.05, 3.63) is 10.6 Å². The second-order valence-corrected chi connectivity index (χ2v) is 5.17. The number of rotatable bonds is 3. The highest BCUT2D eigenvalue weighted by atomic mass is 32.1. The number of thiazole rings is 1. The van der Waals surface area contributed by atoms with Crippen LogP contribution in [0.15, 0.2) is 0 Å². The molecule has 1 fully saturated rings. The minimum atomic E-state index is -0.709. The Kier molecular flexibility index (Phi) is 2.22. The molecule has 4 nitrogen and oxygen atoms in total. The molecule has 2 rings (SSSR count). The van der Waals surface area contributed by atoms with E-state index in [1.807, 2.05) is 25.9 Å². The standard InChI is InChI=1S/C10H14N2O2S/c1-6-7(10(4-5-10)8(13)14)15-9(11-6)12(2)3/h4-5H2,1-3H3,(H,13,14). The van der Waals surface area contributed by atoms with Crippen molar-refractivity contribution in [2.45, 2.75) is 25.2 Å². The molecule has 5 heteroatoms. The average Bonchev–Trinajstić information content (AvgIpc) is 2.85. The third-order valence-electron chi connectivity index (χ3n) is 2.76. The molecule has 1 aliphatic carbocycles. The lowest BCUT2D eigenvalue weighted by atomic mass is 10.0. The van der Waals surface area contributed by atoms with Crippen molar-refractivity contribution in [3.8, 4) is 0 Å². The molecule has 0 aromatic carbocycles. The van der Waals surface area contributed by atoms with Gasteiger partial charge in [0.05, 0.1) is 5.69 Å². The molecule has 0 atom stereocenters. The van der Waals surface area contributed by atoms with Crippen molar-refractivity contribution in [2.75, 3.05) is 19.0 Å². The zero-order chi connectivity index (χ0) is 11.2. The number of anilines is 1. The van der Waals surface area contributed by atoms with E-state index < -0.39 is 11.4 Å². The third kappa shape index (κ3) is 1.51. The van der Waals surface area contributed by atoms with Gasteiger partial charge in [0.2, 0.25) is 0 Å². The van der Waals surface area contributed by atoms with Gasteiger partial charge in [-0.2, -0.15) is 0 Å². The van der Waals surface area contributed by atoms with Crippen molar-refractivity contribution in [2.24, 2.45) is 0 Å². The van der Waals surface area contributed by atoms with Crippen LogP contribution in [0.5, 0.6) is 0 Å². The van der Waals surface area contributed by atoms with Crippen molar-refractivity contribution in [1.82, 2.24) is 4.98 Å². The van der Waals surface area contributed by atoms with Gasteiger partial charge in [-0.3, -0.25) is 4.79 Å². The summed E-state index contributed by atoms with van der Waals surface area (Å²) in [6.07, 6.45) is 1.50. The molecule has 0 aliphatic heterocycles. The predicted octanol–water partition coefficient (Wildman–Crippen LogP) is 1.63. The number of aromatic nitrogens is 1. The van der Waals surface area contributed by atoms with Crippen LogP contribution in [0.25, 0.3) is 0 Å². The maximum Gasteiger partial charge on any atom is 0.315 e. The Labute approximate surface area is 92.6 Å². The zero-order valence-corrected chi connectivity index (χ0v) is 9.89. The molecule has 0 radical (unpaired) electrons. The van der Waals surface area contributed by atoms with Gasteiger partial charge in [-0.05, 0) is 19.8 Å². The Morgan fingerprint density at radius 1 is 1.53 bits per heavy atom. The zero-order valence-electron chi connectivity index (χ0n) is 9.07. The van der Waals surface area contributed by atoms with Gasteiger partial charge in [0.25, 0.3) is 0 Å². The quantitative estimate of drug-likeness (QED) is 0.851. The summed E-state index contributed by atoms with van der Waals surface area (Å²) in [5.74, 6) is -0.709. The Morgan fingerprint density at radius 3 is 2.47 bits per heavy atom. The number of carboxylic acids is 1. The molecule has 1 N–H and O–H groups in total. The second kappa shape index (κ2) is 3.20. The lowest BCUT2D eigenvalue weighted by Crippen LogP contribution is -2.19. The van der Waals surface area contributed by atoms with E-state index in [4.69, 9.17) is 0 Å². The van der Waals surface area contributed by atoms with Gasteiger partial charge in [0, 0.05) is 19.0 Å². The molecule has 0 amide bonds. The molecular formula is C10H14N2O2S. The number of aliphatic carboxylic acids is 1. The lowest BCUT2D eigenvalue weighted by Gasteiger charge is -2.07. The summed E-state index contributed by atoms with van der Waals surface area (Å²) in [7, 11) is 3.84. The minimum absolute atomic E-state index is 0.615. The number of hydrogen-bond donors (Lipinski definition) is 1. The Balaban J connectivity index is 2.41. The molecular weight excluding hydrogens is 212 g/mol. The fraction of sp³-hybridized carbons (Fsp3) is 0.600. The average molecular weight is 226 g/mol. The highest BCUT2D eigenvalue weighted by Gasteiger charge is 2.54. The van der Waals surface area contributed by atoms with Crippen molar-refractivity contribution >= 4 is 22.4 Å². The van der Waals surface area contributed by atoms with Gasteiger partial charge in [-0.1, -0.05) is 0 Å². The topological polar surface area (TPSA) is 53.4 Å². The van der Waals surface area contributed by atoms with Gasteiger partial charge >= 0.3 is 5.97 Å². The highest BCUT2D eigenvalue weighted by Crippen LogP contribution is 2.52. The van der Waals surface area contributed by atoms with Crippen LogP contribution < -0.4 is 4.90 Å². The first-order valence-electron chi connectivity index (χ1n) is 4.86. The fourth-order valence-electron chi connectivity index (χ4n) is 1.68.